The van der Waals surface area contributed by atoms with E-state index in [1.54, 1.807) is 0 Å². The lowest BCUT2D eigenvalue weighted by atomic mass is 9.58. The SMILES string of the molecule is CCOC1CC(O)C12CCN(C(=O)Cn1ccc3ccccc31)CC2. The molecule has 1 aromatic carbocycles. The molecule has 25 heavy (non-hydrogen) atoms. The fraction of sp³-hybridized carbons (Fsp3) is 0.550. The van der Waals surface area contributed by atoms with E-state index in [-0.39, 0.29) is 23.5 Å². The Morgan fingerprint density at radius 1 is 1.28 bits per heavy atom. The maximum absolute atomic E-state index is 12.7. The van der Waals surface area contributed by atoms with Crippen LogP contribution >= 0.6 is 0 Å². The molecule has 5 heteroatoms. The standard InChI is InChI=1S/C20H26N2O3/c1-2-25-18-13-17(23)20(18)8-11-21(12-9-20)19(24)14-22-10-7-15-5-3-4-6-16(15)22/h3-7,10,17-18,23H,2,8-9,11-14H2,1H3. The summed E-state index contributed by atoms with van der Waals surface area (Å²) in [4.78, 5) is 14.7. The van der Waals surface area contributed by atoms with Crippen molar-refractivity contribution in [2.45, 2.75) is 44.9 Å². The summed E-state index contributed by atoms with van der Waals surface area (Å²) in [6.45, 7) is 4.47. The van der Waals surface area contributed by atoms with Gasteiger partial charge in [0.1, 0.15) is 6.54 Å². The molecule has 1 spiro atoms. The molecule has 2 heterocycles. The summed E-state index contributed by atoms with van der Waals surface area (Å²) in [6, 6.07) is 10.2. The van der Waals surface area contributed by atoms with Gasteiger partial charge in [-0.15, -0.1) is 0 Å². The second kappa shape index (κ2) is 6.46. The van der Waals surface area contributed by atoms with E-state index in [4.69, 9.17) is 4.74 Å². The monoisotopic (exact) mass is 342 g/mol. The van der Waals surface area contributed by atoms with Gasteiger partial charge in [0, 0.05) is 43.2 Å². The van der Waals surface area contributed by atoms with Crippen molar-refractivity contribution < 1.29 is 14.6 Å². The minimum atomic E-state index is -0.283. The molecule has 5 nitrogen and oxygen atoms in total. The summed E-state index contributed by atoms with van der Waals surface area (Å²) >= 11 is 0. The van der Waals surface area contributed by atoms with Crippen LogP contribution < -0.4 is 0 Å². The number of aromatic nitrogens is 1. The van der Waals surface area contributed by atoms with Gasteiger partial charge >= 0.3 is 0 Å². The van der Waals surface area contributed by atoms with E-state index < -0.39 is 0 Å². The molecule has 1 aromatic heterocycles. The smallest absolute Gasteiger partial charge is 0.242 e. The van der Waals surface area contributed by atoms with Gasteiger partial charge in [-0.25, -0.2) is 0 Å². The molecule has 1 saturated heterocycles. The molecular weight excluding hydrogens is 316 g/mol. The van der Waals surface area contributed by atoms with Gasteiger partial charge in [-0.2, -0.15) is 0 Å². The summed E-state index contributed by atoms with van der Waals surface area (Å²) in [7, 11) is 0. The highest BCUT2D eigenvalue weighted by Crippen LogP contribution is 2.50. The first-order valence-corrected chi connectivity index (χ1v) is 9.25. The summed E-state index contributed by atoms with van der Waals surface area (Å²) in [5.41, 5.74) is 0.961. The molecule has 2 fully saturated rings. The average Bonchev–Trinajstić information content (AvgIpc) is 3.05. The molecule has 2 atom stereocenters. The van der Waals surface area contributed by atoms with Gasteiger partial charge in [0.15, 0.2) is 0 Å². The Kier molecular flexibility index (Phi) is 4.29. The van der Waals surface area contributed by atoms with E-state index in [0.29, 0.717) is 26.2 Å². The highest BCUT2D eigenvalue weighted by atomic mass is 16.5. The molecule has 0 bridgehead atoms. The number of aliphatic hydroxyl groups is 1. The molecule has 1 N–H and O–H groups in total. The number of hydrogen-bond acceptors (Lipinski definition) is 3. The number of carbonyl (C=O) groups is 1. The van der Waals surface area contributed by atoms with Crippen molar-refractivity contribution in [3.8, 4) is 0 Å². The molecule has 1 aliphatic heterocycles. The number of likely N-dealkylation sites (tertiary alicyclic amines) is 1. The second-order valence-corrected chi connectivity index (χ2v) is 7.31. The van der Waals surface area contributed by atoms with E-state index in [1.807, 2.05) is 46.9 Å². The van der Waals surface area contributed by atoms with Gasteiger partial charge in [0.05, 0.1) is 12.2 Å². The number of aliphatic hydroxyl groups excluding tert-OH is 1. The predicted molar refractivity (Wildman–Crippen MR) is 96.2 cm³/mol. The highest BCUT2D eigenvalue weighted by Gasteiger charge is 2.56. The van der Waals surface area contributed by atoms with Crippen LogP contribution in [0.2, 0.25) is 0 Å². The van der Waals surface area contributed by atoms with Crippen LogP contribution in [0.3, 0.4) is 0 Å². The zero-order valence-electron chi connectivity index (χ0n) is 14.7. The molecule has 2 aliphatic rings. The first kappa shape index (κ1) is 16.6. The molecule has 0 radical (unpaired) electrons. The van der Waals surface area contributed by atoms with Gasteiger partial charge in [-0.3, -0.25) is 4.79 Å². The van der Waals surface area contributed by atoms with Crippen LogP contribution in [-0.2, 0) is 16.1 Å². The van der Waals surface area contributed by atoms with E-state index in [0.717, 1.165) is 30.2 Å². The van der Waals surface area contributed by atoms with Crippen LogP contribution in [-0.4, -0.2) is 52.4 Å². The fourth-order valence-electron chi connectivity index (χ4n) is 4.51. The van der Waals surface area contributed by atoms with Gasteiger partial charge in [-0.05, 0) is 37.3 Å². The Labute approximate surface area is 148 Å². The Morgan fingerprint density at radius 3 is 2.76 bits per heavy atom. The summed E-state index contributed by atoms with van der Waals surface area (Å²) in [5, 5.41) is 11.4. The first-order chi connectivity index (χ1) is 12.1. The average molecular weight is 342 g/mol. The van der Waals surface area contributed by atoms with E-state index in [1.165, 1.54) is 0 Å². The Morgan fingerprint density at radius 2 is 2.04 bits per heavy atom. The van der Waals surface area contributed by atoms with Crippen LogP contribution in [0.25, 0.3) is 10.9 Å². The number of rotatable bonds is 4. The summed E-state index contributed by atoms with van der Waals surface area (Å²) < 4.78 is 7.82. The minimum absolute atomic E-state index is 0.132. The molecule has 134 valence electrons. The van der Waals surface area contributed by atoms with Crippen molar-refractivity contribution in [2.24, 2.45) is 5.41 Å². The first-order valence-electron chi connectivity index (χ1n) is 9.25. The van der Waals surface area contributed by atoms with Crippen molar-refractivity contribution in [2.75, 3.05) is 19.7 Å². The van der Waals surface area contributed by atoms with Crippen LogP contribution in [0, 0.1) is 5.41 Å². The van der Waals surface area contributed by atoms with Crippen LogP contribution in [0.15, 0.2) is 36.5 Å². The van der Waals surface area contributed by atoms with Crippen molar-refractivity contribution in [3.63, 3.8) is 0 Å². The van der Waals surface area contributed by atoms with Crippen molar-refractivity contribution >= 4 is 16.8 Å². The number of para-hydroxylation sites is 1. The number of nitrogens with zero attached hydrogens (tertiary/aromatic N) is 2. The number of amides is 1. The molecule has 2 unspecified atom stereocenters. The number of carbonyl (C=O) groups excluding carboxylic acids is 1. The molecule has 1 amide bonds. The molecule has 2 aromatic rings. The maximum Gasteiger partial charge on any atom is 0.242 e. The quantitative estimate of drug-likeness (QED) is 0.928. The van der Waals surface area contributed by atoms with Gasteiger partial charge in [0.2, 0.25) is 5.91 Å². The third-order valence-corrected chi connectivity index (χ3v) is 6.14. The van der Waals surface area contributed by atoms with E-state index >= 15 is 0 Å². The number of piperidine rings is 1. The lowest BCUT2D eigenvalue weighted by molar-refractivity contribution is -0.210. The fourth-order valence-corrected chi connectivity index (χ4v) is 4.51. The van der Waals surface area contributed by atoms with Crippen molar-refractivity contribution in [3.05, 3.63) is 36.5 Å². The number of ether oxygens (including phenoxy) is 1. The normalized spacial score (nSPS) is 25.3. The van der Waals surface area contributed by atoms with Crippen LogP contribution in [0.1, 0.15) is 26.2 Å². The Bertz CT molecular complexity index is 759. The Hall–Kier alpha value is -1.85. The topological polar surface area (TPSA) is 54.7 Å². The number of benzene rings is 1. The predicted octanol–water partition coefficient (Wildman–Crippen LogP) is 2.42. The van der Waals surface area contributed by atoms with E-state index in [9.17, 15) is 9.90 Å². The molecule has 4 rings (SSSR count). The van der Waals surface area contributed by atoms with E-state index in [2.05, 4.69) is 6.07 Å². The molecule has 1 saturated carbocycles. The molecule has 1 aliphatic carbocycles. The van der Waals surface area contributed by atoms with Crippen LogP contribution in [0.4, 0.5) is 0 Å². The van der Waals surface area contributed by atoms with Gasteiger partial charge in [0.25, 0.3) is 0 Å². The van der Waals surface area contributed by atoms with Crippen LogP contribution in [0.5, 0.6) is 0 Å². The lowest BCUT2D eigenvalue weighted by Gasteiger charge is -2.56. The zero-order valence-corrected chi connectivity index (χ0v) is 14.7. The second-order valence-electron chi connectivity index (χ2n) is 7.31. The third kappa shape index (κ3) is 2.75. The zero-order chi connectivity index (χ0) is 17.4. The summed E-state index contributed by atoms with van der Waals surface area (Å²) in [5.74, 6) is 0.151. The van der Waals surface area contributed by atoms with Crippen molar-refractivity contribution in [1.29, 1.82) is 0 Å². The number of hydrogen-bond donors (Lipinski definition) is 1. The Balaban J connectivity index is 1.40. The largest absolute Gasteiger partial charge is 0.392 e. The minimum Gasteiger partial charge on any atom is -0.392 e. The summed E-state index contributed by atoms with van der Waals surface area (Å²) in [6.07, 6.45) is 4.24. The maximum atomic E-state index is 12.7. The number of fused-ring (bicyclic) bond motifs is 1. The highest BCUT2D eigenvalue weighted by molar-refractivity contribution is 5.83. The third-order valence-electron chi connectivity index (χ3n) is 6.14. The van der Waals surface area contributed by atoms with Crippen molar-refractivity contribution in [1.82, 2.24) is 9.47 Å². The van der Waals surface area contributed by atoms with Gasteiger partial charge in [-0.1, -0.05) is 18.2 Å². The van der Waals surface area contributed by atoms with Gasteiger partial charge < -0.3 is 19.3 Å². The molecular formula is C20H26N2O3. The lowest BCUT2D eigenvalue weighted by Crippen LogP contribution is -2.62.